The number of hydrogen-bond donors (Lipinski definition) is 0. The molecule has 2 nitrogen and oxygen atoms in total. The minimum Gasteiger partial charge on any atom is -0.543 e. The predicted octanol–water partition coefficient (Wildman–Crippen LogP) is 11.2. The molecule has 0 saturated heterocycles. The highest BCUT2D eigenvalue weighted by atomic mass is 28.4. The molecule has 0 radical (unpaired) electrons. The molecule has 2 rings (SSSR count). The van der Waals surface area contributed by atoms with Crippen LogP contribution in [-0.4, -0.2) is 20.6 Å². The number of allylic oxidation sites excluding steroid dienone is 6. The van der Waals surface area contributed by atoms with Gasteiger partial charge in [0.2, 0.25) is 0 Å². The first kappa shape index (κ1) is 33.4. The average molecular weight is 557 g/mol. The van der Waals surface area contributed by atoms with Crippen LogP contribution in [0, 0.1) is 20.8 Å². The highest BCUT2D eigenvalue weighted by Crippen LogP contribution is 2.47. The second-order valence-electron chi connectivity index (χ2n) is 13.8. The van der Waals surface area contributed by atoms with Crippen LogP contribution in [0.15, 0.2) is 34.9 Å². The quantitative estimate of drug-likeness (QED) is 0.188. The molecule has 4 heteroatoms. The van der Waals surface area contributed by atoms with Crippen molar-refractivity contribution >= 4 is 8.32 Å². The van der Waals surface area contributed by atoms with Gasteiger partial charge in [-0.25, -0.2) is 4.39 Å². The van der Waals surface area contributed by atoms with Gasteiger partial charge >= 0.3 is 0 Å². The summed E-state index contributed by atoms with van der Waals surface area (Å²) >= 11 is 0. The lowest BCUT2D eigenvalue weighted by Gasteiger charge is -2.41. The van der Waals surface area contributed by atoms with Gasteiger partial charge in [0, 0.05) is 5.56 Å². The van der Waals surface area contributed by atoms with Crippen molar-refractivity contribution in [1.29, 1.82) is 0 Å². The zero-order valence-electron chi connectivity index (χ0n) is 27.3. The summed E-state index contributed by atoms with van der Waals surface area (Å²) in [5.41, 5.74) is 8.61. The molecule has 1 aromatic carbocycles. The number of alkyl halides is 1. The van der Waals surface area contributed by atoms with E-state index in [4.69, 9.17) is 9.16 Å². The Balaban J connectivity index is 2.01. The summed E-state index contributed by atoms with van der Waals surface area (Å²) in [6, 6.07) is 0. The van der Waals surface area contributed by atoms with Crippen molar-refractivity contribution in [2.75, 3.05) is 6.67 Å². The minimum atomic E-state index is -1.93. The molecule has 0 aliphatic carbocycles. The smallest absolute Gasteiger partial charge is 0.250 e. The van der Waals surface area contributed by atoms with Crippen molar-refractivity contribution < 1.29 is 13.6 Å². The maximum atomic E-state index is 12.6. The van der Waals surface area contributed by atoms with Gasteiger partial charge in [-0.15, -0.1) is 0 Å². The Morgan fingerprint density at radius 2 is 1.44 bits per heavy atom. The third-order valence-electron chi connectivity index (χ3n) is 9.17. The molecule has 1 heterocycles. The summed E-state index contributed by atoms with van der Waals surface area (Å²) in [7, 11) is -1.93. The van der Waals surface area contributed by atoms with Gasteiger partial charge in [-0.2, -0.15) is 0 Å². The van der Waals surface area contributed by atoms with Gasteiger partial charge in [0.05, 0.1) is 0 Å². The van der Waals surface area contributed by atoms with Gasteiger partial charge < -0.3 is 9.16 Å². The molecule has 0 unspecified atom stereocenters. The van der Waals surface area contributed by atoms with Crippen molar-refractivity contribution in [3.63, 3.8) is 0 Å². The standard InChI is InChI=1S/C35H57FO2Si/c1-25(18-14-19-27(3)24-36)16-13-17-26(2)20-15-22-35(10)23-21-31-30(6)32(28(4)29(5)33(31)37-35)38-39(11,12)34(7,8)9/h16,19-20H,13-15,17-18,21-24H2,1-12H3/b25-16+,26-20+,27-19-/t35-/m1/s1. The highest BCUT2D eigenvalue weighted by molar-refractivity contribution is 6.74. The fraction of sp³-hybridized carbons (Fsp3) is 0.657. The lowest BCUT2D eigenvalue weighted by molar-refractivity contribution is 0.0559. The minimum absolute atomic E-state index is 0.142. The van der Waals surface area contributed by atoms with Crippen LogP contribution in [0.2, 0.25) is 18.1 Å². The molecule has 0 aromatic heterocycles. The SMILES string of the molecule is C/C(=C/CC/C(C)=C/CC/C(C)=C/CC[C@]1(C)CCc2c(C)c(O[Si](C)(C)C(C)(C)C)c(C)c(C)c2O1)CF. The van der Waals surface area contributed by atoms with E-state index in [-0.39, 0.29) is 17.3 Å². The van der Waals surface area contributed by atoms with Gasteiger partial charge in [-0.3, -0.25) is 0 Å². The average Bonchev–Trinajstić information content (AvgIpc) is 2.84. The number of benzene rings is 1. The fourth-order valence-corrected chi connectivity index (χ4v) is 6.12. The highest BCUT2D eigenvalue weighted by Gasteiger charge is 2.41. The molecule has 0 amide bonds. The molecule has 0 spiro atoms. The predicted molar refractivity (Wildman–Crippen MR) is 171 cm³/mol. The van der Waals surface area contributed by atoms with Crippen molar-refractivity contribution in [2.24, 2.45) is 0 Å². The van der Waals surface area contributed by atoms with E-state index in [1.807, 2.05) is 13.0 Å². The molecular weight excluding hydrogens is 499 g/mol. The first-order valence-corrected chi connectivity index (χ1v) is 18.0. The summed E-state index contributed by atoms with van der Waals surface area (Å²) in [6.07, 6.45) is 15.0. The Morgan fingerprint density at radius 3 is 1.97 bits per heavy atom. The van der Waals surface area contributed by atoms with E-state index < -0.39 is 8.32 Å². The summed E-state index contributed by atoms with van der Waals surface area (Å²) in [6.45, 7) is 26.4. The number of hydrogen-bond acceptors (Lipinski definition) is 2. The third kappa shape index (κ3) is 9.10. The molecule has 220 valence electrons. The lowest BCUT2D eigenvalue weighted by Crippen LogP contribution is -2.44. The van der Waals surface area contributed by atoms with Gasteiger partial charge in [-0.1, -0.05) is 50.1 Å². The Bertz CT molecular complexity index is 1090. The van der Waals surface area contributed by atoms with Crippen LogP contribution in [0.4, 0.5) is 4.39 Å². The molecule has 0 bridgehead atoms. The maximum Gasteiger partial charge on any atom is 0.250 e. The Kier molecular flexibility index (Phi) is 11.7. The van der Waals surface area contributed by atoms with Crippen molar-refractivity contribution in [2.45, 2.75) is 144 Å². The molecule has 0 fully saturated rings. The van der Waals surface area contributed by atoms with Crippen LogP contribution < -0.4 is 9.16 Å². The zero-order valence-corrected chi connectivity index (χ0v) is 28.3. The molecule has 1 atom stereocenters. The van der Waals surface area contributed by atoms with Crippen molar-refractivity contribution in [3.8, 4) is 11.5 Å². The molecule has 39 heavy (non-hydrogen) atoms. The second kappa shape index (κ2) is 13.7. The lowest BCUT2D eigenvalue weighted by atomic mass is 9.85. The molecule has 0 saturated carbocycles. The van der Waals surface area contributed by atoms with E-state index in [0.29, 0.717) is 0 Å². The molecule has 0 N–H and O–H groups in total. The molecular formula is C35H57FO2Si. The van der Waals surface area contributed by atoms with Crippen LogP contribution in [0.3, 0.4) is 0 Å². The first-order chi connectivity index (χ1) is 18.0. The van der Waals surface area contributed by atoms with Gasteiger partial charge in [0.15, 0.2) is 0 Å². The van der Waals surface area contributed by atoms with E-state index in [1.54, 1.807) is 0 Å². The van der Waals surface area contributed by atoms with Crippen LogP contribution >= 0.6 is 0 Å². The Morgan fingerprint density at radius 1 is 0.897 bits per heavy atom. The number of rotatable bonds is 12. The number of ether oxygens (including phenoxy) is 1. The second-order valence-corrected chi connectivity index (χ2v) is 18.6. The van der Waals surface area contributed by atoms with Crippen molar-refractivity contribution in [3.05, 3.63) is 57.2 Å². The monoisotopic (exact) mass is 556 g/mol. The summed E-state index contributed by atoms with van der Waals surface area (Å²) in [5.74, 6) is 2.19. The number of halogens is 1. The van der Waals surface area contributed by atoms with Crippen LogP contribution in [0.5, 0.6) is 11.5 Å². The maximum absolute atomic E-state index is 12.6. The Labute approximate surface area is 241 Å². The molecule has 1 aromatic rings. The third-order valence-corrected chi connectivity index (χ3v) is 13.5. The normalized spacial score (nSPS) is 19.2. The van der Waals surface area contributed by atoms with Crippen LogP contribution in [-0.2, 0) is 6.42 Å². The van der Waals surface area contributed by atoms with Crippen LogP contribution in [0.25, 0.3) is 0 Å². The van der Waals surface area contributed by atoms with E-state index in [9.17, 15) is 4.39 Å². The van der Waals surface area contributed by atoms with E-state index in [1.165, 1.54) is 33.4 Å². The first-order valence-electron chi connectivity index (χ1n) is 15.0. The molecule has 1 aliphatic heterocycles. The van der Waals surface area contributed by atoms with E-state index in [2.05, 4.69) is 87.6 Å². The molecule has 1 aliphatic rings. The van der Waals surface area contributed by atoms with E-state index in [0.717, 1.165) is 68.4 Å². The summed E-state index contributed by atoms with van der Waals surface area (Å²) in [4.78, 5) is 0. The summed E-state index contributed by atoms with van der Waals surface area (Å²) in [5, 5.41) is 0.166. The topological polar surface area (TPSA) is 18.5 Å². The Hall–Kier alpha value is -1.81. The van der Waals surface area contributed by atoms with Gasteiger partial charge in [0.25, 0.3) is 8.32 Å². The van der Waals surface area contributed by atoms with Gasteiger partial charge in [0.1, 0.15) is 23.8 Å². The zero-order chi connectivity index (χ0) is 29.6. The largest absolute Gasteiger partial charge is 0.543 e. The summed E-state index contributed by atoms with van der Waals surface area (Å²) < 4.78 is 26.2. The number of fused-ring (bicyclic) bond motifs is 1. The fourth-order valence-electron chi connectivity index (χ4n) is 4.99. The van der Waals surface area contributed by atoms with E-state index >= 15 is 0 Å². The van der Waals surface area contributed by atoms with Gasteiger partial charge in [-0.05, 0) is 140 Å². The van der Waals surface area contributed by atoms with Crippen molar-refractivity contribution in [1.82, 2.24) is 0 Å². The van der Waals surface area contributed by atoms with Crippen LogP contribution in [0.1, 0.15) is 116 Å².